The van der Waals surface area contributed by atoms with Crippen molar-refractivity contribution in [3.8, 4) is 0 Å². The van der Waals surface area contributed by atoms with Crippen LogP contribution >= 0.6 is 0 Å². The van der Waals surface area contributed by atoms with Gasteiger partial charge in [0.25, 0.3) is 5.56 Å². The van der Waals surface area contributed by atoms with Gasteiger partial charge < -0.3 is 16.0 Å². The first-order valence-corrected chi connectivity index (χ1v) is 12.6. The number of carbonyl (C=O) groups excluding carboxylic acids is 1. The number of benzene rings is 2. The van der Waals surface area contributed by atoms with E-state index in [9.17, 15) is 14.4 Å². The Morgan fingerprint density at radius 3 is 2.31 bits per heavy atom. The Morgan fingerprint density at radius 2 is 1.69 bits per heavy atom. The molecule has 1 heterocycles. The molecule has 1 aromatic heterocycles. The predicted octanol–water partition coefficient (Wildman–Crippen LogP) is 3.48. The van der Waals surface area contributed by atoms with Crippen LogP contribution in [0.2, 0.25) is 0 Å². The largest absolute Gasteiger partial charge is 0.383 e. The quantitative estimate of drug-likeness (QED) is 0.359. The molecule has 8 nitrogen and oxygen atoms in total. The fraction of sp³-hybridized carbons (Fsp3) is 0.393. The van der Waals surface area contributed by atoms with Crippen molar-refractivity contribution in [2.24, 2.45) is 5.92 Å². The predicted molar refractivity (Wildman–Crippen MR) is 145 cm³/mol. The topological polar surface area (TPSA) is 113 Å². The minimum absolute atomic E-state index is 0.0122. The van der Waals surface area contributed by atoms with Gasteiger partial charge >= 0.3 is 5.69 Å². The lowest BCUT2D eigenvalue weighted by Gasteiger charge is -2.26. The van der Waals surface area contributed by atoms with Gasteiger partial charge in [-0.05, 0) is 29.9 Å². The Labute approximate surface area is 212 Å². The number of carbonyl (C=O) groups is 1. The zero-order valence-corrected chi connectivity index (χ0v) is 21.4. The summed E-state index contributed by atoms with van der Waals surface area (Å²) in [6.45, 7) is 6.61. The lowest BCUT2D eigenvalue weighted by molar-refractivity contribution is -0.118. The molecule has 3 aromatic rings. The van der Waals surface area contributed by atoms with Crippen LogP contribution in [-0.2, 0) is 17.8 Å². The third-order valence-electron chi connectivity index (χ3n) is 6.05. The summed E-state index contributed by atoms with van der Waals surface area (Å²) in [7, 11) is 0. The van der Waals surface area contributed by atoms with Gasteiger partial charge in [-0.2, -0.15) is 0 Å². The number of amides is 1. The lowest BCUT2D eigenvalue weighted by atomic mass is 9.99. The molecule has 36 heavy (non-hydrogen) atoms. The summed E-state index contributed by atoms with van der Waals surface area (Å²) in [5, 5.41) is 3.40. The summed E-state index contributed by atoms with van der Waals surface area (Å²) in [5.41, 5.74) is 7.36. The number of aromatic amines is 1. The molecule has 1 amide bonds. The zero-order valence-electron chi connectivity index (χ0n) is 21.4. The van der Waals surface area contributed by atoms with Crippen molar-refractivity contribution in [1.82, 2.24) is 14.9 Å². The van der Waals surface area contributed by atoms with Gasteiger partial charge in [-0.1, -0.05) is 87.9 Å². The maximum absolute atomic E-state index is 13.5. The Balaban J connectivity index is 1.89. The van der Waals surface area contributed by atoms with Crippen molar-refractivity contribution in [3.05, 3.63) is 92.6 Å². The minimum atomic E-state index is -0.647. The van der Waals surface area contributed by atoms with Crippen molar-refractivity contribution >= 4 is 17.4 Å². The third kappa shape index (κ3) is 6.95. The van der Waals surface area contributed by atoms with E-state index in [2.05, 4.69) is 22.4 Å². The van der Waals surface area contributed by atoms with Crippen LogP contribution in [0.3, 0.4) is 0 Å². The van der Waals surface area contributed by atoms with Crippen LogP contribution < -0.4 is 27.2 Å². The molecular formula is C28H37N5O3. The Morgan fingerprint density at radius 1 is 1.06 bits per heavy atom. The molecule has 1 atom stereocenters. The van der Waals surface area contributed by atoms with Crippen LogP contribution in [0.15, 0.2) is 70.3 Å². The van der Waals surface area contributed by atoms with Gasteiger partial charge in [-0.3, -0.25) is 19.1 Å². The highest BCUT2D eigenvalue weighted by molar-refractivity contribution is 5.96. The highest BCUT2D eigenvalue weighted by atomic mass is 16.2. The normalized spacial score (nSPS) is 12.0. The molecule has 3 rings (SSSR count). The summed E-state index contributed by atoms with van der Waals surface area (Å²) in [6.07, 6.45) is 2.23. The molecule has 0 aliphatic heterocycles. The maximum Gasteiger partial charge on any atom is 0.330 e. The maximum atomic E-state index is 13.5. The molecule has 0 radical (unpaired) electrons. The van der Waals surface area contributed by atoms with Crippen molar-refractivity contribution in [1.29, 1.82) is 0 Å². The van der Waals surface area contributed by atoms with E-state index >= 15 is 0 Å². The molecule has 8 heteroatoms. The number of nitrogens with one attached hydrogen (secondary N) is 2. The summed E-state index contributed by atoms with van der Waals surface area (Å²) in [4.78, 5) is 42.6. The van der Waals surface area contributed by atoms with Gasteiger partial charge in [0, 0.05) is 19.1 Å². The van der Waals surface area contributed by atoms with E-state index in [0.717, 1.165) is 17.5 Å². The van der Waals surface area contributed by atoms with Crippen LogP contribution in [0.25, 0.3) is 0 Å². The first kappa shape index (κ1) is 26.9. The van der Waals surface area contributed by atoms with Gasteiger partial charge in [0.2, 0.25) is 5.91 Å². The van der Waals surface area contributed by atoms with Crippen molar-refractivity contribution in [3.63, 3.8) is 0 Å². The Bertz CT molecular complexity index is 1240. The van der Waals surface area contributed by atoms with Gasteiger partial charge in [0.1, 0.15) is 5.82 Å². The molecule has 0 fully saturated rings. The molecular weight excluding hydrogens is 454 g/mol. The SMILES string of the molecule is CCCCN(C(=O)CN[C@H](Cc1ccccc1)c1ccccc1)c1c(N)n(CC(C)C)c(=O)[nH]c1=O. The molecule has 0 aliphatic rings. The van der Waals surface area contributed by atoms with E-state index in [1.165, 1.54) is 9.47 Å². The van der Waals surface area contributed by atoms with Crippen molar-refractivity contribution < 1.29 is 4.79 Å². The molecule has 4 N–H and O–H groups in total. The third-order valence-corrected chi connectivity index (χ3v) is 6.05. The second-order valence-electron chi connectivity index (χ2n) is 9.43. The number of H-pyrrole nitrogens is 1. The molecule has 0 aliphatic carbocycles. The molecule has 2 aromatic carbocycles. The van der Waals surface area contributed by atoms with Gasteiger partial charge in [-0.25, -0.2) is 4.79 Å². The number of anilines is 2. The van der Waals surface area contributed by atoms with E-state index in [1.807, 2.05) is 69.3 Å². The van der Waals surface area contributed by atoms with Crippen molar-refractivity contribution in [2.45, 2.75) is 52.6 Å². The van der Waals surface area contributed by atoms with Gasteiger partial charge in [-0.15, -0.1) is 0 Å². The van der Waals surface area contributed by atoms with Crippen LogP contribution in [0, 0.1) is 5.92 Å². The van der Waals surface area contributed by atoms with E-state index in [0.29, 0.717) is 25.9 Å². The average molecular weight is 492 g/mol. The average Bonchev–Trinajstić information content (AvgIpc) is 2.87. The smallest absolute Gasteiger partial charge is 0.330 e. The summed E-state index contributed by atoms with van der Waals surface area (Å²) in [6, 6.07) is 20.0. The Kier molecular flexibility index (Phi) is 9.64. The number of nitrogens with two attached hydrogens (primary N) is 1. The summed E-state index contributed by atoms with van der Waals surface area (Å²) >= 11 is 0. The standard InChI is InChI=1S/C28H37N5O3/c1-4-5-16-32(25-26(29)33(19-20(2)3)28(36)31-27(25)35)24(34)18-30-23(22-14-10-7-11-15-22)17-21-12-8-6-9-13-21/h6-15,20,23,30H,4-5,16-19,29H2,1-3H3,(H,31,35,36)/t23-/m1/s1. The van der Waals surface area contributed by atoms with Gasteiger partial charge in [0.15, 0.2) is 5.69 Å². The van der Waals surface area contributed by atoms with Gasteiger partial charge in [0.05, 0.1) is 6.54 Å². The highest BCUT2D eigenvalue weighted by Gasteiger charge is 2.25. The number of aromatic nitrogens is 2. The fourth-order valence-electron chi connectivity index (χ4n) is 4.21. The van der Waals surface area contributed by atoms with E-state index in [1.54, 1.807) is 0 Å². The zero-order chi connectivity index (χ0) is 26.1. The van der Waals surface area contributed by atoms with Crippen molar-refractivity contribution in [2.75, 3.05) is 23.7 Å². The van der Waals surface area contributed by atoms with Crippen LogP contribution in [-0.4, -0.2) is 28.5 Å². The number of nitrogens with zero attached hydrogens (tertiary/aromatic N) is 2. The number of nitrogen functional groups attached to an aromatic ring is 1. The molecule has 0 spiro atoms. The summed E-state index contributed by atoms with van der Waals surface area (Å²) in [5.74, 6) is -0.120. The van der Waals surface area contributed by atoms with Crippen LogP contribution in [0.5, 0.6) is 0 Å². The molecule has 192 valence electrons. The second-order valence-corrected chi connectivity index (χ2v) is 9.43. The first-order chi connectivity index (χ1) is 17.3. The molecule has 0 unspecified atom stereocenters. The highest BCUT2D eigenvalue weighted by Crippen LogP contribution is 2.21. The van der Waals surface area contributed by atoms with Crippen LogP contribution in [0.1, 0.15) is 50.8 Å². The lowest BCUT2D eigenvalue weighted by Crippen LogP contribution is -2.45. The number of hydrogen-bond donors (Lipinski definition) is 3. The van der Waals surface area contributed by atoms with E-state index in [4.69, 9.17) is 5.73 Å². The number of unbranched alkanes of at least 4 members (excludes halogenated alkanes) is 1. The molecule has 0 saturated heterocycles. The minimum Gasteiger partial charge on any atom is -0.383 e. The monoisotopic (exact) mass is 491 g/mol. The number of rotatable bonds is 12. The number of hydrogen-bond acceptors (Lipinski definition) is 5. The molecule has 0 saturated carbocycles. The molecule has 0 bridgehead atoms. The fourth-order valence-corrected chi connectivity index (χ4v) is 4.21. The van der Waals surface area contributed by atoms with E-state index < -0.39 is 11.2 Å². The van der Waals surface area contributed by atoms with Crippen LogP contribution in [0.4, 0.5) is 11.5 Å². The second kappa shape index (κ2) is 12.9. The van der Waals surface area contributed by atoms with E-state index in [-0.39, 0.29) is 35.9 Å². The first-order valence-electron chi connectivity index (χ1n) is 12.6. The Hall–Kier alpha value is -3.65. The summed E-state index contributed by atoms with van der Waals surface area (Å²) < 4.78 is 1.34.